The fourth-order valence-corrected chi connectivity index (χ4v) is 2.15. The molecule has 0 spiro atoms. The molecule has 2 rings (SSSR count). The van der Waals surface area contributed by atoms with Crippen molar-refractivity contribution < 1.29 is 4.74 Å². The first kappa shape index (κ1) is 16.5. The lowest BCUT2D eigenvalue weighted by Crippen LogP contribution is -2.34. The molecule has 3 N–H and O–H groups in total. The molecule has 2 unspecified atom stereocenters. The van der Waals surface area contributed by atoms with Gasteiger partial charge >= 0.3 is 0 Å². The number of ether oxygens (including phenoxy) is 1. The van der Waals surface area contributed by atoms with Crippen molar-refractivity contribution in [1.29, 1.82) is 0 Å². The first-order valence-corrected chi connectivity index (χ1v) is 6.39. The molecule has 0 radical (unpaired) electrons. The summed E-state index contributed by atoms with van der Waals surface area (Å²) < 4.78 is 4.91. The average Bonchev–Trinajstić information content (AvgIpc) is 3.08. The molecule has 2 atom stereocenters. The summed E-state index contributed by atoms with van der Waals surface area (Å²) in [5.41, 5.74) is 7.04. The monoisotopic (exact) mass is 395 g/mol. The van der Waals surface area contributed by atoms with Crippen molar-refractivity contribution in [3.63, 3.8) is 0 Å². The Morgan fingerprint density at radius 2 is 2.37 bits per heavy atom. The molecule has 1 fully saturated rings. The van der Waals surface area contributed by atoms with Crippen LogP contribution in [0.5, 0.6) is 0 Å². The molecule has 1 aliphatic rings. The number of methoxy groups -OCH3 is 1. The van der Waals surface area contributed by atoms with Crippen LogP contribution in [-0.2, 0) is 4.74 Å². The number of nitrogens with zero attached hydrogens (tertiary/aromatic N) is 1. The van der Waals surface area contributed by atoms with Gasteiger partial charge in [-0.2, -0.15) is 0 Å². The first-order chi connectivity index (χ1) is 8.70. The van der Waals surface area contributed by atoms with E-state index in [0.717, 1.165) is 11.4 Å². The maximum Gasteiger partial charge on any atom is 0.188 e. The highest BCUT2D eigenvalue weighted by Crippen LogP contribution is 2.41. The smallest absolute Gasteiger partial charge is 0.188 e. The molecule has 0 heterocycles. The summed E-state index contributed by atoms with van der Waals surface area (Å²) in [4.78, 5) is 4.17. The van der Waals surface area contributed by atoms with E-state index in [-0.39, 0.29) is 24.0 Å². The van der Waals surface area contributed by atoms with E-state index >= 15 is 0 Å². The van der Waals surface area contributed by atoms with Crippen LogP contribution in [-0.4, -0.2) is 32.3 Å². The maximum atomic E-state index is 5.97. The zero-order valence-corrected chi connectivity index (χ0v) is 13.9. The van der Waals surface area contributed by atoms with Gasteiger partial charge in [0.05, 0.1) is 13.2 Å². The van der Waals surface area contributed by atoms with Crippen molar-refractivity contribution in [2.75, 3.05) is 20.3 Å². The number of guanidine groups is 1. The lowest BCUT2D eigenvalue weighted by molar-refractivity contribution is 0.208. The minimum absolute atomic E-state index is 0. The summed E-state index contributed by atoms with van der Waals surface area (Å²) >= 11 is 5.97. The molecule has 106 valence electrons. The fraction of sp³-hybridized carbons (Fsp3) is 0.462. The van der Waals surface area contributed by atoms with E-state index in [2.05, 4.69) is 16.4 Å². The molecule has 4 nitrogen and oxygen atoms in total. The van der Waals surface area contributed by atoms with Crippen molar-refractivity contribution in [3.8, 4) is 0 Å². The Hall–Kier alpha value is -0.530. The van der Waals surface area contributed by atoms with E-state index in [0.29, 0.717) is 31.1 Å². The van der Waals surface area contributed by atoms with E-state index in [4.69, 9.17) is 22.1 Å². The number of nitrogens with one attached hydrogen (secondary N) is 1. The Morgan fingerprint density at radius 3 is 3.05 bits per heavy atom. The summed E-state index contributed by atoms with van der Waals surface area (Å²) in [6.07, 6.45) is 1.07. The van der Waals surface area contributed by atoms with Crippen molar-refractivity contribution >= 4 is 41.5 Å². The Bertz CT molecular complexity index is 442. The maximum absolute atomic E-state index is 5.97. The number of nitrogens with two attached hydrogens (primary N) is 1. The molecule has 0 saturated heterocycles. The number of aliphatic imine (C=N–C) groups is 1. The van der Waals surface area contributed by atoms with Gasteiger partial charge in [-0.25, -0.2) is 0 Å². The van der Waals surface area contributed by atoms with Gasteiger partial charge in [-0.1, -0.05) is 23.7 Å². The Labute approximate surface area is 135 Å². The topological polar surface area (TPSA) is 59.6 Å². The van der Waals surface area contributed by atoms with Crippen molar-refractivity contribution in [2.24, 2.45) is 10.7 Å². The number of benzene rings is 1. The second-order valence-electron chi connectivity index (χ2n) is 4.41. The van der Waals surface area contributed by atoms with Crippen LogP contribution >= 0.6 is 35.6 Å². The predicted octanol–water partition coefficient (Wildman–Crippen LogP) is 2.36. The van der Waals surface area contributed by atoms with Gasteiger partial charge in [-0.3, -0.25) is 4.99 Å². The molecular formula is C13H19ClIN3O. The fourth-order valence-electron chi connectivity index (χ4n) is 1.95. The predicted molar refractivity (Wildman–Crippen MR) is 89.5 cm³/mol. The third kappa shape index (κ3) is 5.16. The van der Waals surface area contributed by atoms with Gasteiger partial charge in [0, 0.05) is 24.1 Å². The molecule has 1 aromatic carbocycles. The summed E-state index contributed by atoms with van der Waals surface area (Å²) in [5.74, 6) is 0.974. The Kier molecular flexibility index (Phi) is 6.88. The summed E-state index contributed by atoms with van der Waals surface area (Å²) in [6, 6.07) is 8.33. The van der Waals surface area contributed by atoms with E-state index < -0.39 is 0 Å². The lowest BCUT2D eigenvalue weighted by Gasteiger charge is -2.05. The van der Waals surface area contributed by atoms with Crippen LogP contribution in [0.4, 0.5) is 0 Å². The molecule has 0 bridgehead atoms. The van der Waals surface area contributed by atoms with Gasteiger partial charge in [-0.15, -0.1) is 24.0 Å². The van der Waals surface area contributed by atoms with E-state index in [1.54, 1.807) is 7.11 Å². The van der Waals surface area contributed by atoms with Gasteiger partial charge in [0.25, 0.3) is 0 Å². The molecule has 19 heavy (non-hydrogen) atoms. The Morgan fingerprint density at radius 1 is 1.58 bits per heavy atom. The minimum Gasteiger partial charge on any atom is -0.383 e. The summed E-state index contributed by atoms with van der Waals surface area (Å²) in [5, 5.41) is 3.99. The third-order valence-corrected chi connectivity index (χ3v) is 3.21. The molecular weight excluding hydrogens is 377 g/mol. The van der Waals surface area contributed by atoms with Crippen molar-refractivity contribution in [1.82, 2.24) is 5.32 Å². The van der Waals surface area contributed by atoms with Crippen LogP contribution in [0, 0.1) is 0 Å². The number of hydrogen-bond acceptors (Lipinski definition) is 2. The number of halogens is 2. The van der Waals surface area contributed by atoms with Crippen LogP contribution in [0.2, 0.25) is 5.02 Å². The standard InChI is InChI=1S/C13H18ClN3O.HI/c1-18-6-5-16-13(15)17-12-8-11(12)9-3-2-4-10(14)7-9;/h2-4,7,11-12H,5-6,8H2,1H3,(H3,15,16,17);1H. The SMILES string of the molecule is COCCN=C(N)NC1CC1c1cccc(Cl)c1.I. The summed E-state index contributed by atoms with van der Waals surface area (Å²) in [6.45, 7) is 1.18. The molecule has 0 amide bonds. The molecule has 0 aromatic heterocycles. The minimum atomic E-state index is 0. The molecule has 0 aliphatic heterocycles. The van der Waals surface area contributed by atoms with Crippen LogP contribution < -0.4 is 11.1 Å². The molecule has 1 aliphatic carbocycles. The van der Waals surface area contributed by atoms with Gasteiger partial charge in [-0.05, 0) is 24.1 Å². The highest BCUT2D eigenvalue weighted by Gasteiger charge is 2.38. The molecule has 1 aromatic rings. The highest BCUT2D eigenvalue weighted by atomic mass is 127. The molecule has 6 heteroatoms. The quantitative estimate of drug-likeness (QED) is 0.348. The van der Waals surface area contributed by atoms with Crippen LogP contribution in [0.1, 0.15) is 17.9 Å². The zero-order valence-electron chi connectivity index (χ0n) is 10.8. The normalized spacial score (nSPS) is 21.7. The molecule has 1 saturated carbocycles. The van der Waals surface area contributed by atoms with Gasteiger partial charge < -0.3 is 15.8 Å². The van der Waals surface area contributed by atoms with Crippen LogP contribution in [0.15, 0.2) is 29.3 Å². The van der Waals surface area contributed by atoms with E-state index in [9.17, 15) is 0 Å². The largest absolute Gasteiger partial charge is 0.383 e. The number of rotatable bonds is 5. The second-order valence-corrected chi connectivity index (χ2v) is 4.84. The van der Waals surface area contributed by atoms with Crippen LogP contribution in [0.25, 0.3) is 0 Å². The van der Waals surface area contributed by atoms with E-state index in [1.165, 1.54) is 5.56 Å². The van der Waals surface area contributed by atoms with Gasteiger partial charge in [0.1, 0.15) is 0 Å². The third-order valence-electron chi connectivity index (χ3n) is 2.98. The van der Waals surface area contributed by atoms with Crippen molar-refractivity contribution in [3.05, 3.63) is 34.9 Å². The average molecular weight is 396 g/mol. The lowest BCUT2D eigenvalue weighted by atomic mass is 10.1. The van der Waals surface area contributed by atoms with Crippen molar-refractivity contribution in [2.45, 2.75) is 18.4 Å². The van der Waals surface area contributed by atoms with Crippen LogP contribution in [0.3, 0.4) is 0 Å². The second kappa shape index (κ2) is 7.91. The number of hydrogen-bond donors (Lipinski definition) is 2. The first-order valence-electron chi connectivity index (χ1n) is 6.01. The van der Waals surface area contributed by atoms with Gasteiger partial charge in [0.15, 0.2) is 5.96 Å². The highest BCUT2D eigenvalue weighted by molar-refractivity contribution is 14.0. The summed E-state index contributed by atoms with van der Waals surface area (Å²) in [7, 11) is 1.65. The van der Waals surface area contributed by atoms with Gasteiger partial charge in [0.2, 0.25) is 0 Å². The zero-order chi connectivity index (χ0) is 13.0. The Balaban J connectivity index is 0.00000180. The van der Waals surface area contributed by atoms with E-state index in [1.807, 2.05) is 18.2 Å².